The van der Waals surface area contributed by atoms with Crippen molar-refractivity contribution < 1.29 is 0 Å². The zero-order chi connectivity index (χ0) is 12.3. The van der Waals surface area contributed by atoms with Crippen molar-refractivity contribution in [3.05, 3.63) is 28.2 Å². The van der Waals surface area contributed by atoms with Crippen LogP contribution in [0.25, 0.3) is 0 Å². The summed E-state index contributed by atoms with van der Waals surface area (Å²) in [5.74, 6) is 0. The highest BCUT2D eigenvalue weighted by molar-refractivity contribution is 9.10. The van der Waals surface area contributed by atoms with Crippen LogP contribution >= 0.6 is 15.9 Å². The van der Waals surface area contributed by atoms with Gasteiger partial charge in [-0.1, -0.05) is 18.9 Å². The molecule has 0 saturated carbocycles. The predicted molar refractivity (Wildman–Crippen MR) is 77.4 cm³/mol. The molecule has 1 atom stereocenters. The van der Waals surface area contributed by atoms with Crippen molar-refractivity contribution in [2.75, 3.05) is 18.0 Å². The Hall–Kier alpha value is -0.540. The smallest absolute Gasteiger partial charge is 0.0510 e. The highest BCUT2D eigenvalue weighted by Crippen LogP contribution is 2.30. The van der Waals surface area contributed by atoms with Gasteiger partial charge in [0.2, 0.25) is 0 Å². The van der Waals surface area contributed by atoms with E-state index in [0.29, 0.717) is 0 Å². The minimum atomic E-state index is 0.101. The Labute approximate surface area is 112 Å². The van der Waals surface area contributed by atoms with Crippen molar-refractivity contribution in [2.45, 2.75) is 38.6 Å². The first-order valence-electron chi connectivity index (χ1n) is 6.48. The van der Waals surface area contributed by atoms with E-state index < -0.39 is 0 Å². The topological polar surface area (TPSA) is 29.3 Å². The highest BCUT2D eigenvalue weighted by atomic mass is 79.9. The summed E-state index contributed by atoms with van der Waals surface area (Å²) in [5.41, 5.74) is 8.41. The van der Waals surface area contributed by atoms with Gasteiger partial charge in [0.05, 0.1) is 5.69 Å². The third-order valence-corrected chi connectivity index (χ3v) is 4.08. The van der Waals surface area contributed by atoms with Crippen molar-refractivity contribution in [3.63, 3.8) is 0 Å². The Kier molecular flexibility index (Phi) is 4.46. The molecule has 1 fully saturated rings. The molecule has 1 saturated heterocycles. The summed E-state index contributed by atoms with van der Waals surface area (Å²) >= 11 is 3.68. The van der Waals surface area contributed by atoms with Crippen molar-refractivity contribution in [1.29, 1.82) is 0 Å². The van der Waals surface area contributed by atoms with Crippen molar-refractivity contribution in [2.24, 2.45) is 5.73 Å². The SMILES string of the molecule is C[C@H](N)c1ccc(N2CCCCCC2)c(Br)c1. The molecule has 1 heterocycles. The second kappa shape index (κ2) is 5.87. The number of benzene rings is 1. The normalized spacial score (nSPS) is 18.9. The molecule has 0 aromatic heterocycles. The zero-order valence-electron chi connectivity index (χ0n) is 10.5. The van der Waals surface area contributed by atoms with E-state index in [4.69, 9.17) is 5.73 Å². The summed E-state index contributed by atoms with van der Waals surface area (Å²) < 4.78 is 1.18. The van der Waals surface area contributed by atoms with Gasteiger partial charge < -0.3 is 10.6 Å². The Morgan fingerprint density at radius 3 is 2.35 bits per heavy atom. The lowest BCUT2D eigenvalue weighted by Crippen LogP contribution is -2.24. The number of rotatable bonds is 2. The molecule has 0 aliphatic carbocycles. The van der Waals surface area contributed by atoms with Gasteiger partial charge in [0.1, 0.15) is 0 Å². The summed E-state index contributed by atoms with van der Waals surface area (Å²) in [6.07, 6.45) is 5.35. The van der Waals surface area contributed by atoms with Crippen molar-refractivity contribution >= 4 is 21.6 Å². The van der Waals surface area contributed by atoms with Crippen LogP contribution in [0, 0.1) is 0 Å². The first kappa shape index (κ1) is 12.9. The Morgan fingerprint density at radius 1 is 1.18 bits per heavy atom. The number of nitrogens with zero attached hydrogens (tertiary/aromatic N) is 1. The summed E-state index contributed by atoms with van der Waals surface area (Å²) in [6, 6.07) is 6.61. The fraction of sp³-hybridized carbons (Fsp3) is 0.571. The van der Waals surface area contributed by atoms with Crippen LogP contribution < -0.4 is 10.6 Å². The van der Waals surface area contributed by atoms with Gasteiger partial charge in [0.15, 0.2) is 0 Å². The van der Waals surface area contributed by atoms with Crippen molar-refractivity contribution in [1.82, 2.24) is 0 Å². The maximum Gasteiger partial charge on any atom is 0.0510 e. The van der Waals surface area contributed by atoms with Crippen LogP contribution in [0.5, 0.6) is 0 Å². The van der Waals surface area contributed by atoms with E-state index in [0.717, 1.165) is 0 Å². The summed E-state index contributed by atoms with van der Waals surface area (Å²) in [4.78, 5) is 2.49. The van der Waals surface area contributed by atoms with E-state index in [-0.39, 0.29) is 6.04 Å². The molecule has 1 aliphatic heterocycles. The van der Waals surface area contributed by atoms with Gasteiger partial charge in [-0.25, -0.2) is 0 Å². The standard InChI is InChI=1S/C14H21BrN2/c1-11(16)12-6-7-14(13(15)10-12)17-8-4-2-3-5-9-17/h6-7,10-11H,2-5,8-9,16H2,1H3/t11-/m0/s1. The lowest BCUT2D eigenvalue weighted by atomic mass is 10.1. The van der Waals surface area contributed by atoms with Crippen LogP contribution in [0.2, 0.25) is 0 Å². The molecular formula is C14H21BrN2. The number of hydrogen-bond donors (Lipinski definition) is 1. The Bertz CT molecular complexity index is 368. The third-order valence-electron chi connectivity index (χ3n) is 3.44. The molecule has 94 valence electrons. The molecule has 0 radical (unpaired) electrons. The Balaban J connectivity index is 2.19. The molecule has 17 heavy (non-hydrogen) atoms. The lowest BCUT2D eigenvalue weighted by Gasteiger charge is -2.24. The number of halogens is 1. The average Bonchev–Trinajstić information content (AvgIpc) is 2.57. The van der Waals surface area contributed by atoms with Crippen LogP contribution in [0.3, 0.4) is 0 Å². The van der Waals surface area contributed by atoms with Crippen LogP contribution in [0.15, 0.2) is 22.7 Å². The van der Waals surface area contributed by atoms with Crippen LogP contribution in [0.4, 0.5) is 5.69 Å². The van der Waals surface area contributed by atoms with Gasteiger partial charge in [0.25, 0.3) is 0 Å². The summed E-state index contributed by atoms with van der Waals surface area (Å²) in [6.45, 7) is 4.37. The minimum Gasteiger partial charge on any atom is -0.371 e. The van der Waals surface area contributed by atoms with Gasteiger partial charge in [0, 0.05) is 23.6 Å². The molecule has 1 aromatic carbocycles. The van der Waals surface area contributed by atoms with Crippen LogP contribution in [-0.4, -0.2) is 13.1 Å². The largest absolute Gasteiger partial charge is 0.371 e. The molecule has 0 unspecified atom stereocenters. The quantitative estimate of drug-likeness (QED) is 0.898. The van der Waals surface area contributed by atoms with Crippen LogP contribution in [-0.2, 0) is 0 Å². The predicted octanol–water partition coefficient (Wildman–Crippen LogP) is 3.85. The molecule has 1 aromatic rings. The van der Waals surface area contributed by atoms with Gasteiger partial charge in [-0.05, 0) is 53.4 Å². The molecule has 2 nitrogen and oxygen atoms in total. The number of nitrogens with two attached hydrogens (primary N) is 1. The molecule has 2 N–H and O–H groups in total. The van der Waals surface area contributed by atoms with Gasteiger partial charge in [-0.3, -0.25) is 0 Å². The van der Waals surface area contributed by atoms with Gasteiger partial charge in [-0.2, -0.15) is 0 Å². The monoisotopic (exact) mass is 296 g/mol. The van der Waals surface area contributed by atoms with Gasteiger partial charge in [-0.15, -0.1) is 0 Å². The van der Waals surface area contributed by atoms with E-state index >= 15 is 0 Å². The molecular weight excluding hydrogens is 276 g/mol. The van der Waals surface area contributed by atoms with E-state index in [1.54, 1.807) is 0 Å². The van der Waals surface area contributed by atoms with Crippen LogP contribution in [0.1, 0.15) is 44.2 Å². The maximum absolute atomic E-state index is 5.90. The maximum atomic E-state index is 5.90. The van der Waals surface area contributed by atoms with E-state index in [1.807, 2.05) is 6.92 Å². The third kappa shape index (κ3) is 3.23. The zero-order valence-corrected chi connectivity index (χ0v) is 12.0. The molecule has 2 rings (SSSR count). The number of hydrogen-bond acceptors (Lipinski definition) is 2. The second-order valence-corrected chi connectivity index (χ2v) is 5.76. The second-order valence-electron chi connectivity index (χ2n) is 4.90. The first-order chi connectivity index (χ1) is 8.18. The Morgan fingerprint density at radius 2 is 1.82 bits per heavy atom. The highest BCUT2D eigenvalue weighted by Gasteiger charge is 2.13. The van der Waals surface area contributed by atoms with Crippen molar-refractivity contribution in [3.8, 4) is 0 Å². The van der Waals surface area contributed by atoms with E-state index in [9.17, 15) is 0 Å². The molecule has 0 spiro atoms. The fourth-order valence-corrected chi connectivity index (χ4v) is 3.02. The summed E-state index contributed by atoms with van der Waals surface area (Å²) in [7, 11) is 0. The van der Waals surface area contributed by atoms with Gasteiger partial charge >= 0.3 is 0 Å². The fourth-order valence-electron chi connectivity index (χ4n) is 2.37. The lowest BCUT2D eigenvalue weighted by molar-refractivity contribution is 0.726. The number of anilines is 1. The molecule has 1 aliphatic rings. The van der Waals surface area contributed by atoms with E-state index in [2.05, 4.69) is 39.0 Å². The molecule has 0 amide bonds. The summed E-state index contributed by atoms with van der Waals surface area (Å²) in [5, 5.41) is 0. The minimum absolute atomic E-state index is 0.101. The molecule has 0 bridgehead atoms. The van der Waals surface area contributed by atoms with E-state index in [1.165, 1.54) is 54.5 Å². The first-order valence-corrected chi connectivity index (χ1v) is 7.28. The molecule has 3 heteroatoms. The average molecular weight is 297 g/mol.